The first-order valence-corrected chi connectivity index (χ1v) is 7.37. The number of halogens is 2. The molecule has 2 rings (SSSR count). The second-order valence-electron chi connectivity index (χ2n) is 4.51. The van der Waals surface area contributed by atoms with Crippen LogP contribution in [0.25, 0.3) is 0 Å². The minimum atomic E-state index is -0.302. The number of hydrogen-bond donors (Lipinski definition) is 1. The van der Waals surface area contributed by atoms with E-state index < -0.39 is 0 Å². The highest BCUT2D eigenvalue weighted by atomic mass is 79.9. The molecule has 3 nitrogen and oxygen atoms in total. The number of benzene rings is 2. The first-order valence-electron chi connectivity index (χ1n) is 6.58. The SMILES string of the molecule is COc1ccc(CCN)c(OCc2cccc(F)c2Br)c1. The third-order valence-corrected chi connectivity index (χ3v) is 3.99. The Hall–Kier alpha value is -1.59. The van der Waals surface area contributed by atoms with Gasteiger partial charge in [-0.25, -0.2) is 4.39 Å². The van der Waals surface area contributed by atoms with Gasteiger partial charge in [0.25, 0.3) is 0 Å². The van der Waals surface area contributed by atoms with Gasteiger partial charge in [0.15, 0.2) is 0 Å². The molecule has 0 unspecified atom stereocenters. The van der Waals surface area contributed by atoms with Crippen LogP contribution in [0.2, 0.25) is 0 Å². The lowest BCUT2D eigenvalue weighted by Gasteiger charge is -2.13. The summed E-state index contributed by atoms with van der Waals surface area (Å²) in [6, 6.07) is 10.5. The van der Waals surface area contributed by atoms with Crippen LogP contribution < -0.4 is 15.2 Å². The van der Waals surface area contributed by atoms with E-state index in [2.05, 4.69) is 15.9 Å². The summed E-state index contributed by atoms with van der Waals surface area (Å²) >= 11 is 3.23. The molecule has 112 valence electrons. The molecule has 0 aliphatic rings. The highest BCUT2D eigenvalue weighted by Crippen LogP contribution is 2.27. The van der Waals surface area contributed by atoms with E-state index in [1.54, 1.807) is 13.2 Å². The second kappa shape index (κ2) is 7.43. The van der Waals surface area contributed by atoms with Crippen molar-refractivity contribution in [2.24, 2.45) is 5.73 Å². The van der Waals surface area contributed by atoms with E-state index in [0.717, 1.165) is 11.1 Å². The molecule has 0 aliphatic carbocycles. The molecule has 0 spiro atoms. The van der Waals surface area contributed by atoms with E-state index in [9.17, 15) is 4.39 Å². The lowest BCUT2D eigenvalue weighted by molar-refractivity contribution is 0.299. The van der Waals surface area contributed by atoms with Gasteiger partial charge in [-0.3, -0.25) is 0 Å². The fourth-order valence-electron chi connectivity index (χ4n) is 1.97. The van der Waals surface area contributed by atoms with Crippen molar-refractivity contribution in [2.45, 2.75) is 13.0 Å². The van der Waals surface area contributed by atoms with Gasteiger partial charge in [-0.15, -0.1) is 0 Å². The molecule has 0 saturated heterocycles. The van der Waals surface area contributed by atoms with Gasteiger partial charge >= 0.3 is 0 Å². The summed E-state index contributed by atoms with van der Waals surface area (Å²) in [5, 5.41) is 0. The molecule has 2 aromatic rings. The molecular weight excluding hydrogens is 337 g/mol. The Bertz CT molecular complexity index is 619. The van der Waals surface area contributed by atoms with Gasteiger partial charge < -0.3 is 15.2 Å². The van der Waals surface area contributed by atoms with E-state index in [1.165, 1.54) is 6.07 Å². The van der Waals surface area contributed by atoms with Crippen molar-refractivity contribution in [3.8, 4) is 11.5 Å². The van der Waals surface area contributed by atoms with Gasteiger partial charge in [0.1, 0.15) is 23.9 Å². The van der Waals surface area contributed by atoms with Crippen molar-refractivity contribution < 1.29 is 13.9 Å². The number of hydrogen-bond acceptors (Lipinski definition) is 3. The average molecular weight is 354 g/mol. The summed E-state index contributed by atoms with van der Waals surface area (Å²) in [6.07, 6.45) is 0.712. The molecule has 2 N–H and O–H groups in total. The van der Waals surface area contributed by atoms with Crippen LogP contribution in [0.4, 0.5) is 4.39 Å². The van der Waals surface area contributed by atoms with Crippen molar-refractivity contribution in [3.63, 3.8) is 0 Å². The van der Waals surface area contributed by atoms with Gasteiger partial charge in [0.05, 0.1) is 11.6 Å². The Kier molecular flexibility index (Phi) is 5.59. The standard InChI is InChI=1S/C16H17BrFNO2/c1-20-13-6-5-11(7-8-19)15(9-13)21-10-12-3-2-4-14(18)16(12)17/h2-6,9H,7-8,10,19H2,1H3. The molecule has 21 heavy (non-hydrogen) atoms. The van der Waals surface area contributed by atoms with E-state index in [-0.39, 0.29) is 12.4 Å². The summed E-state index contributed by atoms with van der Waals surface area (Å²) < 4.78 is 24.9. The molecule has 0 amide bonds. The molecule has 0 aliphatic heterocycles. The Balaban J connectivity index is 2.20. The predicted octanol–water partition coefficient (Wildman–Crippen LogP) is 3.68. The van der Waals surface area contributed by atoms with Crippen LogP contribution in [0.15, 0.2) is 40.9 Å². The van der Waals surface area contributed by atoms with Crippen molar-refractivity contribution >= 4 is 15.9 Å². The van der Waals surface area contributed by atoms with E-state index >= 15 is 0 Å². The largest absolute Gasteiger partial charge is 0.497 e. The van der Waals surface area contributed by atoms with E-state index in [4.69, 9.17) is 15.2 Å². The summed E-state index contributed by atoms with van der Waals surface area (Å²) in [6.45, 7) is 0.801. The average Bonchev–Trinajstić information content (AvgIpc) is 2.50. The lowest BCUT2D eigenvalue weighted by Crippen LogP contribution is -2.06. The van der Waals surface area contributed by atoms with Crippen LogP contribution in [0.3, 0.4) is 0 Å². The summed E-state index contributed by atoms with van der Waals surface area (Å²) in [5.74, 6) is 1.11. The Labute approximate surface area is 132 Å². The fourth-order valence-corrected chi connectivity index (χ4v) is 2.35. The molecule has 0 aromatic heterocycles. The van der Waals surface area contributed by atoms with Crippen LogP contribution in [-0.2, 0) is 13.0 Å². The van der Waals surface area contributed by atoms with Gasteiger partial charge in [0.2, 0.25) is 0 Å². The Morgan fingerprint density at radius 1 is 1.19 bits per heavy atom. The molecule has 2 aromatic carbocycles. The molecular formula is C16H17BrFNO2. The van der Waals surface area contributed by atoms with Crippen LogP contribution in [0.5, 0.6) is 11.5 Å². The van der Waals surface area contributed by atoms with Gasteiger partial charge in [-0.1, -0.05) is 18.2 Å². The Morgan fingerprint density at radius 3 is 2.71 bits per heavy atom. The minimum absolute atomic E-state index is 0.267. The van der Waals surface area contributed by atoms with Crippen LogP contribution in [0, 0.1) is 5.82 Å². The predicted molar refractivity (Wildman–Crippen MR) is 84.2 cm³/mol. The van der Waals surface area contributed by atoms with E-state index in [1.807, 2.05) is 24.3 Å². The maximum absolute atomic E-state index is 13.5. The van der Waals surface area contributed by atoms with Crippen molar-refractivity contribution in [1.29, 1.82) is 0 Å². The maximum Gasteiger partial charge on any atom is 0.137 e. The Morgan fingerprint density at radius 2 is 2.00 bits per heavy atom. The minimum Gasteiger partial charge on any atom is -0.497 e. The molecule has 0 saturated carbocycles. The first-order chi connectivity index (χ1) is 10.2. The monoisotopic (exact) mass is 353 g/mol. The smallest absolute Gasteiger partial charge is 0.137 e. The lowest BCUT2D eigenvalue weighted by atomic mass is 10.1. The molecule has 0 fully saturated rings. The number of methoxy groups -OCH3 is 1. The highest BCUT2D eigenvalue weighted by Gasteiger charge is 2.09. The van der Waals surface area contributed by atoms with Crippen molar-refractivity contribution in [1.82, 2.24) is 0 Å². The number of ether oxygens (including phenoxy) is 2. The first kappa shape index (κ1) is 15.8. The fraction of sp³-hybridized carbons (Fsp3) is 0.250. The van der Waals surface area contributed by atoms with Crippen molar-refractivity contribution in [2.75, 3.05) is 13.7 Å². The topological polar surface area (TPSA) is 44.5 Å². The highest BCUT2D eigenvalue weighted by molar-refractivity contribution is 9.10. The zero-order valence-corrected chi connectivity index (χ0v) is 13.3. The summed E-state index contributed by atoms with van der Waals surface area (Å²) in [5.41, 5.74) is 7.36. The van der Waals surface area contributed by atoms with Crippen molar-refractivity contribution in [3.05, 3.63) is 57.8 Å². The van der Waals surface area contributed by atoms with Crippen LogP contribution in [0.1, 0.15) is 11.1 Å². The molecule has 0 heterocycles. The quantitative estimate of drug-likeness (QED) is 0.861. The summed E-state index contributed by atoms with van der Waals surface area (Å²) in [7, 11) is 1.60. The molecule has 0 bridgehead atoms. The molecule has 0 atom stereocenters. The normalized spacial score (nSPS) is 10.5. The molecule has 0 radical (unpaired) electrons. The van der Waals surface area contributed by atoms with Gasteiger partial charge in [-0.2, -0.15) is 0 Å². The third kappa shape index (κ3) is 3.95. The second-order valence-corrected chi connectivity index (χ2v) is 5.31. The zero-order valence-electron chi connectivity index (χ0n) is 11.7. The third-order valence-electron chi connectivity index (χ3n) is 3.10. The summed E-state index contributed by atoms with van der Waals surface area (Å²) in [4.78, 5) is 0. The van der Waals surface area contributed by atoms with Gasteiger partial charge in [0, 0.05) is 11.6 Å². The van der Waals surface area contributed by atoms with Crippen LogP contribution in [-0.4, -0.2) is 13.7 Å². The van der Waals surface area contributed by atoms with Crippen LogP contribution >= 0.6 is 15.9 Å². The number of nitrogens with two attached hydrogens (primary N) is 1. The van der Waals surface area contributed by atoms with Gasteiger partial charge in [-0.05, 0) is 46.6 Å². The zero-order chi connectivity index (χ0) is 15.2. The maximum atomic E-state index is 13.5. The molecule has 5 heteroatoms. The number of rotatable bonds is 6. The van der Waals surface area contributed by atoms with E-state index in [0.29, 0.717) is 28.9 Å².